The standard InChI is InChI=1S/C23H18O4/c1-26-19-13-14-20(23(25)18-10-6-3-7-11-18)21(16-19)27-22(24)15-12-17-8-4-2-5-9-17/h2-16H,1H3/b15-12+. The molecule has 3 rings (SSSR count). The number of benzene rings is 3. The SMILES string of the molecule is COc1ccc(C(=O)c2ccccc2)c(OC(=O)/C=C/c2ccccc2)c1. The summed E-state index contributed by atoms with van der Waals surface area (Å²) in [5, 5.41) is 0. The van der Waals surface area contributed by atoms with Crippen LogP contribution in [0.4, 0.5) is 0 Å². The van der Waals surface area contributed by atoms with E-state index in [9.17, 15) is 9.59 Å². The summed E-state index contributed by atoms with van der Waals surface area (Å²) in [5.74, 6) is -0.150. The average Bonchev–Trinajstić information content (AvgIpc) is 2.73. The highest BCUT2D eigenvalue weighted by molar-refractivity contribution is 6.11. The number of hydrogen-bond donors (Lipinski definition) is 0. The highest BCUT2D eigenvalue weighted by Gasteiger charge is 2.17. The lowest BCUT2D eigenvalue weighted by Crippen LogP contribution is -2.10. The molecular formula is C23H18O4. The van der Waals surface area contributed by atoms with Gasteiger partial charge < -0.3 is 9.47 Å². The third kappa shape index (κ3) is 4.70. The Morgan fingerprint density at radius 3 is 2.19 bits per heavy atom. The number of rotatable bonds is 6. The molecule has 0 amide bonds. The van der Waals surface area contributed by atoms with Crippen LogP contribution >= 0.6 is 0 Å². The van der Waals surface area contributed by atoms with Crippen molar-refractivity contribution < 1.29 is 19.1 Å². The molecule has 27 heavy (non-hydrogen) atoms. The van der Waals surface area contributed by atoms with E-state index < -0.39 is 5.97 Å². The third-order valence-electron chi connectivity index (χ3n) is 3.89. The Hall–Kier alpha value is -3.66. The molecule has 0 heterocycles. The molecule has 0 radical (unpaired) electrons. The Kier molecular flexibility index (Phi) is 5.80. The molecule has 0 saturated carbocycles. The van der Waals surface area contributed by atoms with Gasteiger partial charge >= 0.3 is 5.97 Å². The lowest BCUT2D eigenvalue weighted by atomic mass is 10.0. The molecule has 4 nitrogen and oxygen atoms in total. The third-order valence-corrected chi connectivity index (χ3v) is 3.89. The summed E-state index contributed by atoms with van der Waals surface area (Å²) >= 11 is 0. The van der Waals surface area contributed by atoms with Gasteiger partial charge in [-0.15, -0.1) is 0 Å². The maximum atomic E-state index is 12.8. The molecule has 3 aromatic carbocycles. The zero-order chi connectivity index (χ0) is 19.1. The highest BCUT2D eigenvalue weighted by atomic mass is 16.5. The summed E-state index contributed by atoms with van der Waals surface area (Å²) in [4.78, 5) is 25.0. The van der Waals surface area contributed by atoms with Crippen LogP contribution in [0.25, 0.3) is 6.08 Å². The van der Waals surface area contributed by atoms with E-state index in [1.807, 2.05) is 36.4 Å². The van der Waals surface area contributed by atoms with Gasteiger partial charge in [0.2, 0.25) is 0 Å². The lowest BCUT2D eigenvalue weighted by Gasteiger charge is -2.10. The van der Waals surface area contributed by atoms with E-state index in [0.29, 0.717) is 16.9 Å². The molecule has 0 fully saturated rings. The first-order valence-corrected chi connectivity index (χ1v) is 8.40. The molecule has 0 bridgehead atoms. The molecule has 134 valence electrons. The van der Waals surface area contributed by atoms with Crippen molar-refractivity contribution in [2.75, 3.05) is 7.11 Å². The molecule has 0 atom stereocenters. The van der Waals surface area contributed by atoms with Crippen LogP contribution in [0, 0.1) is 0 Å². The lowest BCUT2D eigenvalue weighted by molar-refractivity contribution is -0.128. The minimum absolute atomic E-state index is 0.158. The van der Waals surface area contributed by atoms with E-state index in [2.05, 4.69) is 0 Å². The average molecular weight is 358 g/mol. The minimum Gasteiger partial charge on any atom is -0.497 e. The van der Waals surface area contributed by atoms with Gasteiger partial charge in [-0.05, 0) is 23.8 Å². The van der Waals surface area contributed by atoms with Gasteiger partial charge in [0.1, 0.15) is 11.5 Å². The van der Waals surface area contributed by atoms with Crippen LogP contribution in [-0.2, 0) is 4.79 Å². The number of ketones is 1. The molecule has 0 aliphatic rings. The molecule has 0 unspecified atom stereocenters. The summed E-state index contributed by atoms with van der Waals surface area (Å²) in [6.45, 7) is 0. The van der Waals surface area contributed by atoms with Gasteiger partial charge in [-0.25, -0.2) is 4.79 Å². The van der Waals surface area contributed by atoms with Gasteiger partial charge in [0.05, 0.1) is 12.7 Å². The first kappa shape index (κ1) is 18.1. The Labute approximate surface area is 157 Å². The number of esters is 1. The molecule has 0 aliphatic heterocycles. The number of carbonyl (C=O) groups is 2. The van der Waals surface area contributed by atoms with Crippen LogP contribution in [0.3, 0.4) is 0 Å². The topological polar surface area (TPSA) is 52.6 Å². The van der Waals surface area contributed by atoms with E-state index >= 15 is 0 Å². The van der Waals surface area contributed by atoms with Crippen LogP contribution in [0.5, 0.6) is 11.5 Å². The predicted octanol–water partition coefficient (Wildman–Crippen LogP) is 4.55. The zero-order valence-corrected chi connectivity index (χ0v) is 14.8. The van der Waals surface area contributed by atoms with Crippen LogP contribution in [0.15, 0.2) is 84.9 Å². The monoisotopic (exact) mass is 358 g/mol. The smallest absolute Gasteiger partial charge is 0.336 e. The van der Waals surface area contributed by atoms with Crippen molar-refractivity contribution in [2.24, 2.45) is 0 Å². The second kappa shape index (κ2) is 8.63. The van der Waals surface area contributed by atoms with Gasteiger partial charge in [-0.3, -0.25) is 4.79 Å². The van der Waals surface area contributed by atoms with Crippen LogP contribution in [0.1, 0.15) is 21.5 Å². The summed E-state index contributed by atoms with van der Waals surface area (Å²) in [5.41, 5.74) is 1.68. The van der Waals surface area contributed by atoms with Crippen molar-refractivity contribution in [3.8, 4) is 11.5 Å². The van der Waals surface area contributed by atoms with E-state index in [-0.39, 0.29) is 11.5 Å². The second-order valence-corrected chi connectivity index (χ2v) is 5.72. The molecule has 0 aromatic heterocycles. The Balaban J connectivity index is 1.86. The Bertz CT molecular complexity index is 960. The Morgan fingerprint density at radius 1 is 0.852 bits per heavy atom. The molecule has 0 aliphatic carbocycles. The molecule has 0 saturated heterocycles. The Morgan fingerprint density at radius 2 is 1.52 bits per heavy atom. The van der Waals surface area contributed by atoms with Crippen LogP contribution < -0.4 is 9.47 Å². The maximum absolute atomic E-state index is 12.8. The largest absolute Gasteiger partial charge is 0.497 e. The van der Waals surface area contributed by atoms with Gasteiger partial charge in [-0.2, -0.15) is 0 Å². The number of hydrogen-bond acceptors (Lipinski definition) is 4. The van der Waals surface area contributed by atoms with E-state index in [1.54, 1.807) is 42.5 Å². The van der Waals surface area contributed by atoms with Crippen molar-refractivity contribution in [2.45, 2.75) is 0 Å². The van der Waals surface area contributed by atoms with E-state index in [4.69, 9.17) is 9.47 Å². The number of methoxy groups -OCH3 is 1. The zero-order valence-electron chi connectivity index (χ0n) is 14.8. The summed E-state index contributed by atoms with van der Waals surface area (Å²) in [7, 11) is 1.51. The maximum Gasteiger partial charge on any atom is 0.336 e. The van der Waals surface area contributed by atoms with Crippen molar-refractivity contribution >= 4 is 17.8 Å². The second-order valence-electron chi connectivity index (χ2n) is 5.72. The fourth-order valence-corrected chi connectivity index (χ4v) is 2.52. The normalized spacial score (nSPS) is 10.6. The predicted molar refractivity (Wildman–Crippen MR) is 104 cm³/mol. The quantitative estimate of drug-likeness (QED) is 0.281. The van der Waals surface area contributed by atoms with Crippen molar-refractivity contribution in [1.29, 1.82) is 0 Å². The summed E-state index contributed by atoms with van der Waals surface area (Å²) in [6, 6.07) is 23.0. The fraction of sp³-hybridized carbons (Fsp3) is 0.0435. The van der Waals surface area contributed by atoms with E-state index in [1.165, 1.54) is 19.3 Å². The van der Waals surface area contributed by atoms with E-state index in [0.717, 1.165) is 5.56 Å². The van der Waals surface area contributed by atoms with Gasteiger partial charge in [0.25, 0.3) is 0 Å². The number of carbonyl (C=O) groups excluding carboxylic acids is 2. The van der Waals surface area contributed by atoms with Crippen LogP contribution in [-0.4, -0.2) is 18.9 Å². The molecule has 0 N–H and O–H groups in total. The highest BCUT2D eigenvalue weighted by Crippen LogP contribution is 2.27. The van der Waals surface area contributed by atoms with Gasteiger partial charge in [0.15, 0.2) is 5.78 Å². The van der Waals surface area contributed by atoms with Crippen molar-refractivity contribution in [3.63, 3.8) is 0 Å². The van der Waals surface area contributed by atoms with Gasteiger partial charge in [-0.1, -0.05) is 60.7 Å². The summed E-state index contributed by atoms with van der Waals surface area (Å²) in [6.07, 6.45) is 2.98. The molecule has 4 heteroatoms. The van der Waals surface area contributed by atoms with Crippen LogP contribution in [0.2, 0.25) is 0 Å². The molecular weight excluding hydrogens is 340 g/mol. The minimum atomic E-state index is -0.575. The fourth-order valence-electron chi connectivity index (χ4n) is 2.52. The van der Waals surface area contributed by atoms with Gasteiger partial charge in [0, 0.05) is 17.7 Å². The first-order valence-electron chi connectivity index (χ1n) is 8.40. The first-order chi connectivity index (χ1) is 13.2. The van der Waals surface area contributed by atoms with Crippen molar-refractivity contribution in [3.05, 3.63) is 102 Å². The van der Waals surface area contributed by atoms with Crippen molar-refractivity contribution in [1.82, 2.24) is 0 Å². The number of ether oxygens (including phenoxy) is 2. The molecule has 3 aromatic rings. The summed E-state index contributed by atoms with van der Waals surface area (Å²) < 4.78 is 10.6. The molecule has 0 spiro atoms.